The van der Waals surface area contributed by atoms with Crippen LogP contribution in [0.4, 0.5) is 0 Å². The molecule has 0 saturated heterocycles. The largest absolute Gasteiger partial charge is 0.364 e. The van der Waals surface area contributed by atoms with E-state index in [4.69, 9.17) is 5.73 Å². The fourth-order valence-corrected chi connectivity index (χ4v) is 0.926. The number of amides is 1. The molecule has 6 heteroatoms. The maximum absolute atomic E-state index is 10.7. The molecule has 0 atom stereocenters. The van der Waals surface area contributed by atoms with E-state index in [0.29, 0.717) is 11.5 Å². The highest BCUT2D eigenvalue weighted by Gasteiger charge is 2.08. The van der Waals surface area contributed by atoms with E-state index in [1.807, 2.05) is 0 Å². The Morgan fingerprint density at radius 3 is 2.92 bits per heavy atom. The molecule has 1 radical (unpaired) electrons. The first-order chi connectivity index (χ1) is 6.27. The van der Waals surface area contributed by atoms with Crippen LogP contribution in [0.2, 0.25) is 0 Å². The summed E-state index contributed by atoms with van der Waals surface area (Å²) in [7, 11) is 0. The van der Waals surface area contributed by atoms with Crippen molar-refractivity contribution < 1.29 is 4.79 Å². The topological polar surface area (TPSA) is 100 Å². The normalized spacial score (nSPS) is 10.2. The van der Waals surface area contributed by atoms with Gasteiger partial charge in [0.25, 0.3) is 5.91 Å². The number of nitrogens with one attached hydrogen (secondary N) is 2. The minimum Gasteiger partial charge on any atom is -0.364 e. The number of carbonyl (C=O) groups is 1. The van der Waals surface area contributed by atoms with E-state index in [1.165, 1.54) is 6.20 Å². The number of primary amides is 1. The summed E-state index contributed by atoms with van der Waals surface area (Å²) in [6, 6.07) is 0. The first-order valence-electron chi connectivity index (χ1n) is 3.54. The summed E-state index contributed by atoms with van der Waals surface area (Å²) in [5, 5.41) is 0. The van der Waals surface area contributed by atoms with Crippen LogP contribution in [-0.2, 0) is 0 Å². The van der Waals surface area contributed by atoms with Crippen molar-refractivity contribution in [3.8, 4) is 11.5 Å². The van der Waals surface area contributed by atoms with Crippen LogP contribution in [0.1, 0.15) is 10.5 Å². The van der Waals surface area contributed by atoms with Crippen molar-refractivity contribution in [1.29, 1.82) is 0 Å². The number of hydrogen-bond donors (Lipinski definition) is 3. The number of imidazole rings is 2. The van der Waals surface area contributed by atoms with Crippen LogP contribution in [0.25, 0.3) is 11.5 Å². The van der Waals surface area contributed by atoms with Gasteiger partial charge in [-0.3, -0.25) is 4.79 Å². The molecule has 0 aliphatic carbocycles. The molecule has 6 nitrogen and oxygen atoms in total. The number of carbonyl (C=O) groups excluding carboxylic acids is 1. The second-order valence-corrected chi connectivity index (χ2v) is 2.40. The molecule has 0 spiro atoms. The van der Waals surface area contributed by atoms with Crippen LogP contribution in [0.15, 0.2) is 12.4 Å². The molecule has 0 aliphatic rings. The number of nitrogens with zero attached hydrogens (tertiary/aromatic N) is 2. The summed E-state index contributed by atoms with van der Waals surface area (Å²) >= 11 is 0. The number of hydrogen-bond acceptors (Lipinski definition) is 3. The Balaban J connectivity index is 2.39. The average Bonchev–Trinajstić information content (AvgIpc) is 2.75. The number of rotatable bonds is 2. The minimum atomic E-state index is -0.568. The molecule has 2 aromatic rings. The summed E-state index contributed by atoms with van der Waals surface area (Å²) in [5.41, 5.74) is 5.81. The van der Waals surface area contributed by atoms with Crippen LogP contribution in [-0.4, -0.2) is 25.8 Å². The molecule has 2 heterocycles. The van der Waals surface area contributed by atoms with E-state index in [1.54, 1.807) is 6.20 Å². The molecule has 2 rings (SSSR count). The predicted octanol–water partition coefficient (Wildman–Crippen LogP) is -0.301. The van der Waals surface area contributed by atoms with Crippen LogP contribution < -0.4 is 5.73 Å². The van der Waals surface area contributed by atoms with Crippen molar-refractivity contribution in [3.05, 3.63) is 24.4 Å². The molecule has 0 aliphatic heterocycles. The van der Waals surface area contributed by atoms with E-state index >= 15 is 0 Å². The van der Waals surface area contributed by atoms with Crippen LogP contribution in [0.3, 0.4) is 0 Å². The smallest absolute Gasteiger partial charge is 0.268 e. The first kappa shape index (κ1) is 7.53. The fourth-order valence-electron chi connectivity index (χ4n) is 0.926. The van der Waals surface area contributed by atoms with E-state index in [0.717, 1.165) is 0 Å². The Labute approximate surface area is 73.2 Å². The van der Waals surface area contributed by atoms with Gasteiger partial charge in [0.1, 0.15) is 11.4 Å². The lowest BCUT2D eigenvalue weighted by Crippen LogP contribution is -2.10. The Hall–Kier alpha value is -2.11. The monoisotopic (exact) mass is 176 g/mol. The molecule has 0 unspecified atom stereocenters. The van der Waals surface area contributed by atoms with Gasteiger partial charge in [0.15, 0.2) is 12.2 Å². The quantitative estimate of drug-likeness (QED) is 0.585. The zero-order valence-electron chi connectivity index (χ0n) is 6.53. The third kappa shape index (κ3) is 1.28. The lowest BCUT2D eigenvalue weighted by atomic mass is 10.4. The van der Waals surface area contributed by atoms with Crippen molar-refractivity contribution >= 4 is 5.91 Å². The SMILES string of the molecule is NC(=O)c1c[nH]c(-c2c[nH][c]n2)n1. The maximum Gasteiger partial charge on any atom is 0.268 e. The van der Waals surface area contributed by atoms with Gasteiger partial charge in [-0.25, -0.2) is 9.97 Å². The van der Waals surface area contributed by atoms with Crippen molar-refractivity contribution in [2.75, 3.05) is 0 Å². The summed E-state index contributed by atoms with van der Waals surface area (Å²) in [4.78, 5) is 23.9. The average molecular weight is 176 g/mol. The van der Waals surface area contributed by atoms with Gasteiger partial charge in [-0.15, -0.1) is 0 Å². The highest BCUT2D eigenvalue weighted by atomic mass is 16.1. The molecule has 2 aromatic heterocycles. The second-order valence-electron chi connectivity index (χ2n) is 2.40. The maximum atomic E-state index is 10.7. The molecular formula is C7H6N5O. The van der Waals surface area contributed by atoms with Crippen molar-refractivity contribution in [1.82, 2.24) is 19.9 Å². The molecule has 0 aromatic carbocycles. The number of aromatic amines is 2. The van der Waals surface area contributed by atoms with Crippen LogP contribution in [0, 0.1) is 6.33 Å². The van der Waals surface area contributed by atoms with E-state index < -0.39 is 5.91 Å². The molecule has 0 bridgehead atoms. The zero-order valence-corrected chi connectivity index (χ0v) is 6.53. The molecule has 4 N–H and O–H groups in total. The molecule has 0 saturated carbocycles. The lowest BCUT2D eigenvalue weighted by Gasteiger charge is -1.85. The fraction of sp³-hybridized carbons (Fsp3) is 0. The third-order valence-corrected chi connectivity index (χ3v) is 1.52. The summed E-state index contributed by atoms with van der Waals surface area (Å²) in [6.45, 7) is 0. The van der Waals surface area contributed by atoms with E-state index in [9.17, 15) is 4.79 Å². The van der Waals surface area contributed by atoms with Crippen molar-refractivity contribution in [2.24, 2.45) is 5.73 Å². The molecule has 0 fully saturated rings. The van der Waals surface area contributed by atoms with Gasteiger partial charge >= 0.3 is 0 Å². The van der Waals surface area contributed by atoms with E-state index in [-0.39, 0.29) is 5.69 Å². The summed E-state index contributed by atoms with van der Waals surface area (Å²) < 4.78 is 0. The van der Waals surface area contributed by atoms with Gasteiger partial charge in [0.2, 0.25) is 0 Å². The summed E-state index contributed by atoms with van der Waals surface area (Å²) in [5.74, 6) is -0.0756. The number of aromatic nitrogens is 4. The van der Waals surface area contributed by atoms with Gasteiger partial charge in [-0.1, -0.05) is 0 Å². The zero-order chi connectivity index (χ0) is 9.26. The minimum absolute atomic E-state index is 0.193. The third-order valence-electron chi connectivity index (χ3n) is 1.52. The van der Waals surface area contributed by atoms with Gasteiger partial charge in [0, 0.05) is 12.4 Å². The molecule has 1 amide bonds. The van der Waals surface area contributed by atoms with Gasteiger partial charge in [0.05, 0.1) is 0 Å². The van der Waals surface area contributed by atoms with Crippen molar-refractivity contribution in [2.45, 2.75) is 0 Å². The van der Waals surface area contributed by atoms with Gasteiger partial charge in [-0.2, -0.15) is 0 Å². The first-order valence-corrected chi connectivity index (χ1v) is 3.54. The van der Waals surface area contributed by atoms with Gasteiger partial charge < -0.3 is 15.7 Å². The molecule has 65 valence electrons. The standard InChI is InChI=1S/C7H6N5O/c8-6(13)4-2-10-7(12-4)5-1-9-3-11-5/h1-2H,(H2,8,13)(H,9,11)(H,10,12). The number of H-pyrrole nitrogens is 2. The lowest BCUT2D eigenvalue weighted by molar-refractivity contribution is 0.0996. The highest BCUT2D eigenvalue weighted by Crippen LogP contribution is 2.10. The second kappa shape index (κ2) is 2.74. The Morgan fingerprint density at radius 2 is 2.38 bits per heavy atom. The predicted molar refractivity (Wildman–Crippen MR) is 43.5 cm³/mol. The highest BCUT2D eigenvalue weighted by molar-refractivity contribution is 5.91. The Bertz CT molecular complexity index is 416. The van der Waals surface area contributed by atoms with Crippen molar-refractivity contribution in [3.63, 3.8) is 0 Å². The summed E-state index contributed by atoms with van der Waals surface area (Å²) in [6.07, 6.45) is 5.57. The van der Waals surface area contributed by atoms with Gasteiger partial charge in [-0.05, 0) is 0 Å². The number of nitrogens with two attached hydrogens (primary N) is 1. The Morgan fingerprint density at radius 1 is 1.54 bits per heavy atom. The van der Waals surface area contributed by atoms with Crippen LogP contribution in [0.5, 0.6) is 0 Å². The molecule has 13 heavy (non-hydrogen) atoms. The molecular weight excluding hydrogens is 170 g/mol. The Kier molecular flexibility index (Phi) is 1.59. The van der Waals surface area contributed by atoms with E-state index in [2.05, 4.69) is 26.3 Å². The van der Waals surface area contributed by atoms with Crippen LogP contribution >= 0.6 is 0 Å².